The summed E-state index contributed by atoms with van der Waals surface area (Å²) in [5.74, 6) is -0.426. The number of benzene rings is 1. The van der Waals surface area contributed by atoms with Gasteiger partial charge in [0.15, 0.2) is 0 Å². The standard InChI is InChI=1S/C38H61N5O8/c1-36(2,3)49-31(44)25-30(39-26-27-15-11-10-12-16-27)32(45)43-21-14-13-17-28(43)20-24-48-29-18-22-42(23-19-29)33(40-34(46)50-37(4,5)6)41-35(47)51-38(7,8)9/h10-12,15-16,28-30,39H,13-14,17-26H2,1-9H3,(H,40,41,46,47)/t28-,30-/m0/s1. The first-order valence-electron chi connectivity index (χ1n) is 18.3. The summed E-state index contributed by atoms with van der Waals surface area (Å²) in [6, 6.07) is 9.10. The molecule has 0 aromatic heterocycles. The van der Waals surface area contributed by atoms with E-state index in [9.17, 15) is 19.2 Å². The zero-order valence-electron chi connectivity index (χ0n) is 32.2. The van der Waals surface area contributed by atoms with Crippen molar-refractivity contribution in [3.05, 3.63) is 35.9 Å². The molecule has 0 radical (unpaired) electrons. The topological polar surface area (TPSA) is 148 Å². The van der Waals surface area contributed by atoms with E-state index in [1.807, 2.05) is 60.9 Å². The first-order chi connectivity index (χ1) is 23.8. The van der Waals surface area contributed by atoms with Crippen molar-refractivity contribution in [3.63, 3.8) is 0 Å². The quantitative estimate of drug-likeness (QED) is 0.129. The van der Waals surface area contributed by atoms with Gasteiger partial charge in [-0.3, -0.25) is 14.9 Å². The normalized spacial score (nSPS) is 18.5. The zero-order chi connectivity index (χ0) is 37.8. The summed E-state index contributed by atoms with van der Waals surface area (Å²) >= 11 is 0. The summed E-state index contributed by atoms with van der Waals surface area (Å²) in [6.07, 6.45) is 3.17. The van der Waals surface area contributed by atoms with Crippen molar-refractivity contribution in [3.8, 4) is 0 Å². The van der Waals surface area contributed by atoms with Crippen molar-refractivity contribution in [1.29, 1.82) is 0 Å². The first-order valence-corrected chi connectivity index (χ1v) is 18.3. The van der Waals surface area contributed by atoms with Gasteiger partial charge in [0.1, 0.15) is 16.8 Å². The summed E-state index contributed by atoms with van der Waals surface area (Å²) in [5, 5.41) is 5.96. The molecule has 2 N–H and O–H groups in total. The van der Waals surface area contributed by atoms with Gasteiger partial charge in [-0.1, -0.05) is 30.3 Å². The maximum Gasteiger partial charge on any atom is 0.437 e. The van der Waals surface area contributed by atoms with Crippen molar-refractivity contribution < 1.29 is 38.1 Å². The minimum absolute atomic E-state index is 0.00315. The van der Waals surface area contributed by atoms with Crippen LogP contribution < -0.4 is 10.6 Å². The van der Waals surface area contributed by atoms with Gasteiger partial charge in [0.25, 0.3) is 0 Å². The number of ether oxygens (including phenoxy) is 4. The summed E-state index contributed by atoms with van der Waals surface area (Å²) < 4.78 is 22.7. The van der Waals surface area contributed by atoms with Crippen LogP contribution in [-0.4, -0.2) is 101 Å². The summed E-state index contributed by atoms with van der Waals surface area (Å²) in [5.41, 5.74) is -1.09. The van der Waals surface area contributed by atoms with E-state index in [-0.39, 0.29) is 30.4 Å². The molecule has 0 spiro atoms. The molecule has 2 atom stereocenters. The third kappa shape index (κ3) is 16.0. The number of alkyl carbamates (subject to hydrolysis) is 1. The average molecular weight is 716 g/mol. The third-order valence-corrected chi connectivity index (χ3v) is 8.14. The summed E-state index contributed by atoms with van der Waals surface area (Å²) in [7, 11) is 0. The Labute approximate surface area is 304 Å². The third-order valence-electron chi connectivity index (χ3n) is 8.14. The minimum Gasteiger partial charge on any atom is -0.460 e. The molecule has 51 heavy (non-hydrogen) atoms. The van der Waals surface area contributed by atoms with E-state index in [4.69, 9.17) is 18.9 Å². The number of amides is 3. The zero-order valence-corrected chi connectivity index (χ0v) is 32.2. The minimum atomic E-state index is -0.804. The highest BCUT2D eigenvalue weighted by Gasteiger charge is 2.34. The smallest absolute Gasteiger partial charge is 0.437 e. The van der Waals surface area contributed by atoms with Crippen molar-refractivity contribution >= 4 is 30.0 Å². The number of likely N-dealkylation sites (tertiary alicyclic amines) is 2. The van der Waals surface area contributed by atoms with Crippen LogP contribution in [0.1, 0.15) is 113 Å². The first kappa shape index (κ1) is 41.7. The van der Waals surface area contributed by atoms with Gasteiger partial charge in [0, 0.05) is 38.8 Å². The molecule has 0 bridgehead atoms. The number of carbonyl (C=O) groups is 4. The molecule has 2 aliphatic rings. The predicted octanol–water partition coefficient (Wildman–Crippen LogP) is 5.94. The second kappa shape index (κ2) is 18.7. The van der Waals surface area contributed by atoms with Gasteiger partial charge in [-0.25, -0.2) is 9.59 Å². The van der Waals surface area contributed by atoms with Crippen LogP contribution in [0.2, 0.25) is 0 Å². The molecule has 13 heteroatoms. The van der Waals surface area contributed by atoms with Crippen molar-refractivity contribution in [2.24, 2.45) is 4.99 Å². The van der Waals surface area contributed by atoms with Gasteiger partial charge in [-0.2, -0.15) is 0 Å². The van der Waals surface area contributed by atoms with Crippen molar-refractivity contribution in [1.82, 2.24) is 20.4 Å². The molecule has 13 nitrogen and oxygen atoms in total. The van der Waals surface area contributed by atoms with E-state index in [1.165, 1.54) is 0 Å². The van der Waals surface area contributed by atoms with Crippen LogP contribution in [0.5, 0.6) is 0 Å². The Morgan fingerprint density at radius 1 is 0.824 bits per heavy atom. The van der Waals surface area contributed by atoms with E-state index in [0.29, 0.717) is 52.0 Å². The molecule has 2 aliphatic heterocycles. The molecule has 286 valence electrons. The Morgan fingerprint density at radius 2 is 1.45 bits per heavy atom. The highest BCUT2D eigenvalue weighted by molar-refractivity contribution is 5.99. The molecule has 1 aromatic carbocycles. The Morgan fingerprint density at radius 3 is 2.06 bits per heavy atom. The molecule has 3 amide bonds. The Hall–Kier alpha value is -3.71. The highest BCUT2D eigenvalue weighted by atomic mass is 16.6. The van der Waals surface area contributed by atoms with Gasteiger partial charge in [-0.05, 0) is 106 Å². The van der Waals surface area contributed by atoms with Gasteiger partial charge < -0.3 is 34.1 Å². The van der Waals surface area contributed by atoms with Crippen LogP contribution in [0, 0.1) is 0 Å². The molecular formula is C38H61N5O8. The maximum absolute atomic E-state index is 14.0. The van der Waals surface area contributed by atoms with Gasteiger partial charge in [0.2, 0.25) is 11.9 Å². The largest absolute Gasteiger partial charge is 0.460 e. The number of aliphatic imine (C=N–C) groups is 1. The Balaban J connectivity index is 1.59. The molecule has 2 heterocycles. The van der Waals surface area contributed by atoms with Crippen LogP contribution >= 0.6 is 0 Å². The second-order valence-corrected chi connectivity index (χ2v) is 16.3. The lowest BCUT2D eigenvalue weighted by Gasteiger charge is -2.39. The van der Waals surface area contributed by atoms with Crippen LogP contribution in [-0.2, 0) is 35.1 Å². The molecular weight excluding hydrogens is 654 g/mol. The van der Waals surface area contributed by atoms with E-state index in [0.717, 1.165) is 24.8 Å². The number of piperidine rings is 2. The monoisotopic (exact) mass is 715 g/mol. The lowest BCUT2D eigenvalue weighted by Crippen LogP contribution is -2.53. The van der Waals surface area contributed by atoms with E-state index in [1.54, 1.807) is 41.5 Å². The van der Waals surface area contributed by atoms with E-state index in [2.05, 4.69) is 15.6 Å². The van der Waals surface area contributed by atoms with E-state index >= 15 is 0 Å². The van der Waals surface area contributed by atoms with Crippen molar-refractivity contribution in [2.45, 2.75) is 149 Å². The van der Waals surface area contributed by atoms with Crippen LogP contribution in [0.4, 0.5) is 9.59 Å². The number of rotatable bonds is 10. The molecule has 0 aliphatic carbocycles. The fourth-order valence-corrected chi connectivity index (χ4v) is 5.97. The molecule has 0 unspecified atom stereocenters. The summed E-state index contributed by atoms with van der Waals surface area (Å²) in [6.45, 7) is 18.5. The average Bonchev–Trinajstić information content (AvgIpc) is 3.01. The number of hydrogen-bond donors (Lipinski definition) is 2. The SMILES string of the molecule is CC(C)(C)OC(=O)C[C@H](NCc1ccccc1)C(=O)N1CCCC[C@H]1CCOC1CCN(/C(=N/C(=O)OC(C)(C)C)NC(=O)OC(C)(C)C)CC1. The predicted molar refractivity (Wildman–Crippen MR) is 195 cm³/mol. The fraction of sp³-hybridized carbons (Fsp3) is 0.711. The lowest BCUT2D eigenvalue weighted by molar-refractivity contribution is -0.158. The van der Waals surface area contributed by atoms with Gasteiger partial charge >= 0.3 is 18.2 Å². The van der Waals surface area contributed by atoms with Crippen LogP contribution in [0.25, 0.3) is 0 Å². The van der Waals surface area contributed by atoms with Gasteiger partial charge in [0.05, 0.1) is 18.6 Å². The molecule has 0 saturated carbocycles. The number of nitrogens with one attached hydrogen (secondary N) is 2. The number of esters is 1. The molecule has 2 saturated heterocycles. The molecule has 3 rings (SSSR count). The van der Waals surface area contributed by atoms with Gasteiger partial charge in [-0.15, -0.1) is 4.99 Å². The van der Waals surface area contributed by atoms with Crippen LogP contribution in [0.3, 0.4) is 0 Å². The Bertz CT molecular complexity index is 1320. The fourth-order valence-electron chi connectivity index (χ4n) is 5.97. The Kier molecular flexibility index (Phi) is 15.3. The van der Waals surface area contributed by atoms with E-state index < -0.39 is 41.0 Å². The molecule has 1 aromatic rings. The molecule has 2 fully saturated rings. The van der Waals surface area contributed by atoms with Crippen LogP contribution in [0.15, 0.2) is 35.3 Å². The maximum atomic E-state index is 14.0. The summed E-state index contributed by atoms with van der Waals surface area (Å²) in [4.78, 5) is 59.8. The highest BCUT2D eigenvalue weighted by Crippen LogP contribution is 2.23. The number of guanidine groups is 1. The second-order valence-electron chi connectivity index (χ2n) is 16.3. The number of nitrogens with zero attached hydrogens (tertiary/aromatic N) is 3. The number of hydrogen-bond acceptors (Lipinski definition) is 9. The lowest BCUT2D eigenvalue weighted by atomic mass is 9.97. The van der Waals surface area contributed by atoms with Crippen molar-refractivity contribution in [2.75, 3.05) is 26.2 Å². The number of carbonyl (C=O) groups excluding carboxylic acids is 4.